The van der Waals surface area contributed by atoms with Crippen molar-refractivity contribution < 1.29 is 24.3 Å². The molecular weight excluding hydrogens is 420 g/mol. The molecule has 0 spiro atoms. The molecule has 1 N–H and O–H groups in total. The van der Waals surface area contributed by atoms with Crippen LogP contribution in [-0.4, -0.2) is 34.3 Å². The summed E-state index contributed by atoms with van der Waals surface area (Å²) in [6.07, 6.45) is 1.63. The minimum atomic E-state index is -0.677. The first kappa shape index (κ1) is 22.1. The fourth-order valence-corrected chi connectivity index (χ4v) is 3.77. The summed E-state index contributed by atoms with van der Waals surface area (Å²) >= 11 is 1.12. The van der Waals surface area contributed by atoms with E-state index in [0.717, 1.165) is 11.8 Å². The summed E-state index contributed by atoms with van der Waals surface area (Å²) in [6, 6.07) is 12.9. The highest BCUT2D eigenvalue weighted by molar-refractivity contribution is 8.18. The van der Waals surface area contributed by atoms with Crippen molar-refractivity contribution in [1.29, 1.82) is 0 Å². The van der Waals surface area contributed by atoms with Crippen molar-refractivity contribution >= 4 is 40.2 Å². The van der Waals surface area contributed by atoms with Gasteiger partial charge in [-0.3, -0.25) is 10.1 Å². The molecule has 0 atom stereocenters. The van der Waals surface area contributed by atoms with E-state index in [1.165, 1.54) is 12.1 Å². The third-order valence-electron chi connectivity index (χ3n) is 4.15. The largest absolute Gasteiger partial charge is 0.506 e. The molecule has 3 rings (SSSR count). The summed E-state index contributed by atoms with van der Waals surface area (Å²) in [5.41, 5.74) is 1.15. The Labute approximate surface area is 183 Å². The van der Waals surface area contributed by atoms with E-state index < -0.39 is 10.9 Å². The van der Waals surface area contributed by atoms with Crippen LogP contribution in [0.5, 0.6) is 5.75 Å². The normalized spacial score (nSPS) is 16.1. The number of aliphatic hydroxyl groups is 1. The number of carbonyl (C=O) groups is 1. The maximum atomic E-state index is 12.5. The van der Waals surface area contributed by atoms with Crippen molar-refractivity contribution in [3.8, 4) is 5.75 Å². The lowest BCUT2D eigenvalue weighted by molar-refractivity contribution is -0.384. The molecule has 9 heteroatoms. The average molecular weight is 440 g/mol. The molecule has 1 aliphatic heterocycles. The van der Waals surface area contributed by atoms with Gasteiger partial charge in [0.15, 0.2) is 0 Å². The molecule has 0 aliphatic carbocycles. The summed E-state index contributed by atoms with van der Waals surface area (Å²) in [4.78, 5) is 27.7. The van der Waals surface area contributed by atoms with E-state index in [9.17, 15) is 20.0 Å². The van der Waals surface area contributed by atoms with Crippen molar-refractivity contribution in [2.75, 3.05) is 13.2 Å². The fourth-order valence-electron chi connectivity index (χ4n) is 2.74. The number of carbonyl (C=O) groups excluding carboxylic acids is 1. The number of esters is 1. The predicted octanol–water partition coefficient (Wildman–Crippen LogP) is 5.19. The van der Waals surface area contributed by atoms with Crippen molar-refractivity contribution in [1.82, 2.24) is 0 Å². The topological polar surface area (TPSA) is 111 Å². The number of thioether (sulfide) groups is 1. The average Bonchev–Trinajstić information content (AvgIpc) is 3.05. The smallest absolute Gasteiger partial charge is 0.344 e. The molecule has 8 nitrogen and oxygen atoms in total. The van der Waals surface area contributed by atoms with Crippen LogP contribution in [0.15, 0.2) is 69.8 Å². The van der Waals surface area contributed by atoms with Crippen LogP contribution in [0.1, 0.15) is 19.4 Å². The van der Waals surface area contributed by atoms with Gasteiger partial charge >= 0.3 is 5.97 Å². The molecule has 31 heavy (non-hydrogen) atoms. The maximum Gasteiger partial charge on any atom is 0.344 e. The number of nitro benzene ring substituents is 1. The zero-order chi connectivity index (χ0) is 22.4. The molecule has 2 aromatic rings. The van der Waals surface area contributed by atoms with Crippen molar-refractivity contribution in [3.05, 3.63) is 80.4 Å². The number of aliphatic imine (C=N–C) groups is 1. The van der Waals surface area contributed by atoms with Crippen molar-refractivity contribution in [3.63, 3.8) is 0 Å². The first-order chi connectivity index (χ1) is 14.9. The van der Waals surface area contributed by atoms with Crippen LogP contribution in [0.4, 0.5) is 11.4 Å². The number of aliphatic hydroxyl groups excluding tert-OH is 1. The zero-order valence-electron chi connectivity index (χ0n) is 16.9. The number of nitrogens with zero attached hydrogens (tertiary/aromatic N) is 2. The highest BCUT2D eigenvalue weighted by Gasteiger charge is 2.33. The molecule has 0 radical (unpaired) electrons. The van der Waals surface area contributed by atoms with E-state index in [1.54, 1.807) is 49.4 Å². The summed E-state index contributed by atoms with van der Waals surface area (Å²) in [7, 11) is 0. The van der Waals surface area contributed by atoms with E-state index >= 15 is 0 Å². The Kier molecular flexibility index (Phi) is 7.09. The second kappa shape index (κ2) is 9.94. The van der Waals surface area contributed by atoms with Crippen LogP contribution in [0, 0.1) is 10.1 Å². The molecule has 160 valence electrons. The summed E-state index contributed by atoms with van der Waals surface area (Å²) < 4.78 is 10.5. The highest BCUT2D eigenvalue weighted by atomic mass is 32.2. The van der Waals surface area contributed by atoms with Gasteiger partial charge in [-0.15, -0.1) is 0 Å². The lowest BCUT2D eigenvalue weighted by Gasteiger charge is -2.05. The molecule has 0 aromatic heterocycles. The van der Waals surface area contributed by atoms with Gasteiger partial charge in [0, 0.05) is 12.1 Å². The molecule has 0 saturated heterocycles. The van der Waals surface area contributed by atoms with Gasteiger partial charge in [-0.1, -0.05) is 11.8 Å². The molecule has 0 fully saturated rings. The zero-order valence-corrected chi connectivity index (χ0v) is 17.7. The number of ether oxygens (including phenoxy) is 2. The molecule has 0 saturated carbocycles. The van der Waals surface area contributed by atoms with E-state index in [2.05, 4.69) is 4.99 Å². The standard InChI is InChI=1S/C22H20N2O6S/c1-3-29-17-11-7-15(8-12-17)23-21-19(22(26)30-4-2)20(25)18(31-21)13-14-5-9-16(10-6-14)24(27)28/h5-13,25H,3-4H2,1-2H3/b18-13+,23-21?. The third-order valence-corrected chi connectivity index (χ3v) is 5.17. The SMILES string of the molecule is CCOC(=O)C1=C(O)/C(=C\c2ccc([N+](=O)[O-])cc2)SC1=Nc1ccc(OCC)cc1. The minimum Gasteiger partial charge on any atom is -0.506 e. The quantitative estimate of drug-likeness (QED) is 0.358. The van der Waals surface area contributed by atoms with Crippen LogP contribution in [0.3, 0.4) is 0 Å². The Morgan fingerprint density at radius 1 is 1.13 bits per heavy atom. The van der Waals surface area contributed by atoms with Gasteiger partial charge in [-0.05, 0) is 61.9 Å². The molecular formula is C22H20N2O6S. The molecule has 2 aromatic carbocycles. The lowest BCUT2D eigenvalue weighted by atomic mass is 10.1. The Bertz CT molecular complexity index is 1070. The molecule has 0 unspecified atom stereocenters. The summed E-state index contributed by atoms with van der Waals surface area (Å²) in [6.45, 7) is 4.26. The van der Waals surface area contributed by atoms with Gasteiger partial charge in [0.1, 0.15) is 22.1 Å². The van der Waals surface area contributed by atoms with E-state index in [0.29, 0.717) is 33.6 Å². The molecule has 0 amide bonds. The summed E-state index contributed by atoms with van der Waals surface area (Å²) in [5, 5.41) is 21.8. The number of benzene rings is 2. The first-order valence-corrected chi connectivity index (χ1v) is 10.3. The second-order valence-corrected chi connectivity index (χ2v) is 7.28. The van der Waals surface area contributed by atoms with Crippen molar-refractivity contribution in [2.45, 2.75) is 13.8 Å². The van der Waals surface area contributed by atoms with E-state index in [4.69, 9.17) is 9.47 Å². The van der Waals surface area contributed by atoms with E-state index in [1.807, 2.05) is 6.92 Å². The van der Waals surface area contributed by atoms with Crippen molar-refractivity contribution in [2.24, 2.45) is 4.99 Å². The van der Waals surface area contributed by atoms with Crippen LogP contribution >= 0.6 is 11.8 Å². The van der Waals surface area contributed by atoms with E-state index in [-0.39, 0.29) is 23.6 Å². The number of hydrogen-bond acceptors (Lipinski definition) is 8. The first-order valence-electron chi connectivity index (χ1n) is 9.49. The number of non-ortho nitro benzene ring substituents is 1. The van der Waals surface area contributed by atoms with Gasteiger partial charge in [0.05, 0.1) is 28.7 Å². The fraction of sp³-hybridized carbons (Fsp3) is 0.182. The predicted molar refractivity (Wildman–Crippen MR) is 120 cm³/mol. The van der Waals surface area contributed by atoms with Gasteiger partial charge < -0.3 is 14.6 Å². The third kappa shape index (κ3) is 5.32. The van der Waals surface area contributed by atoms with Crippen LogP contribution in [-0.2, 0) is 9.53 Å². The second-order valence-electron chi connectivity index (χ2n) is 6.25. The Morgan fingerprint density at radius 2 is 1.81 bits per heavy atom. The lowest BCUT2D eigenvalue weighted by Crippen LogP contribution is -2.12. The van der Waals surface area contributed by atoms with Crippen LogP contribution in [0.25, 0.3) is 6.08 Å². The Hall–Kier alpha value is -3.59. The summed E-state index contributed by atoms with van der Waals surface area (Å²) in [5.74, 6) is -0.218. The molecule has 1 heterocycles. The van der Waals surface area contributed by atoms with Gasteiger partial charge in [-0.25, -0.2) is 9.79 Å². The minimum absolute atomic E-state index is 0.0195. The highest BCUT2D eigenvalue weighted by Crippen LogP contribution is 2.40. The van der Waals surface area contributed by atoms with Crippen LogP contribution < -0.4 is 4.74 Å². The molecule has 0 bridgehead atoms. The maximum absolute atomic E-state index is 12.5. The number of rotatable bonds is 7. The number of nitro groups is 1. The molecule has 1 aliphatic rings. The Morgan fingerprint density at radius 3 is 2.39 bits per heavy atom. The monoisotopic (exact) mass is 440 g/mol. The number of hydrogen-bond donors (Lipinski definition) is 1. The van der Waals surface area contributed by atoms with Gasteiger partial charge in [-0.2, -0.15) is 0 Å². The van der Waals surface area contributed by atoms with Crippen LogP contribution in [0.2, 0.25) is 0 Å². The Balaban J connectivity index is 1.96. The van der Waals surface area contributed by atoms with Gasteiger partial charge in [0.2, 0.25) is 0 Å². The van der Waals surface area contributed by atoms with Gasteiger partial charge in [0.25, 0.3) is 5.69 Å².